The lowest BCUT2D eigenvalue weighted by atomic mass is 9.84. The second kappa shape index (κ2) is 6.61. The number of methoxy groups -OCH3 is 3. The lowest BCUT2D eigenvalue weighted by molar-refractivity contribution is -0.146. The first-order valence-corrected chi connectivity index (χ1v) is 6.32. The van der Waals surface area contributed by atoms with Crippen LogP contribution in [0.1, 0.15) is 25.0 Å². The Kier molecular flexibility index (Phi) is 5.39. The lowest BCUT2D eigenvalue weighted by Gasteiger charge is -2.23. The second-order valence-corrected chi connectivity index (χ2v) is 5.24. The molecule has 112 valence electrons. The summed E-state index contributed by atoms with van der Waals surface area (Å²) in [5.74, 6) is 0.297. The van der Waals surface area contributed by atoms with Crippen LogP contribution in [0.25, 0.3) is 0 Å². The zero-order valence-electron chi connectivity index (χ0n) is 12.6. The molecule has 0 aromatic heterocycles. The van der Waals surface area contributed by atoms with E-state index in [4.69, 9.17) is 14.2 Å². The topological polar surface area (TPSA) is 65.0 Å². The number of hydrogen-bond donors (Lipinski definition) is 1. The van der Waals surface area contributed by atoms with Crippen molar-refractivity contribution in [3.05, 3.63) is 23.3 Å². The van der Waals surface area contributed by atoms with Crippen molar-refractivity contribution in [3.8, 4) is 11.5 Å². The summed E-state index contributed by atoms with van der Waals surface area (Å²) in [6, 6.07) is 3.67. The van der Waals surface area contributed by atoms with Gasteiger partial charge in [0.1, 0.15) is 0 Å². The van der Waals surface area contributed by atoms with Crippen LogP contribution >= 0.6 is 0 Å². The fourth-order valence-corrected chi connectivity index (χ4v) is 2.03. The van der Waals surface area contributed by atoms with Crippen LogP contribution < -0.4 is 9.47 Å². The van der Waals surface area contributed by atoms with Crippen LogP contribution in [-0.2, 0) is 22.6 Å². The summed E-state index contributed by atoms with van der Waals surface area (Å²) < 4.78 is 15.9. The summed E-state index contributed by atoms with van der Waals surface area (Å²) >= 11 is 0. The van der Waals surface area contributed by atoms with E-state index in [0.717, 1.165) is 11.1 Å². The molecule has 1 aromatic rings. The number of carboxylic acids is 1. The first kappa shape index (κ1) is 16.3. The van der Waals surface area contributed by atoms with Gasteiger partial charge in [-0.15, -0.1) is 0 Å². The third-order valence-electron chi connectivity index (χ3n) is 3.24. The fourth-order valence-electron chi connectivity index (χ4n) is 2.03. The van der Waals surface area contributed by atoms with Crippen molar-refractivity contribution in [2.75, 3.05) is 21.3 Å². The summed E-state index contributed by atoms with van der Waals surface area (Å²) in [6.45, 7) is 3.76. The van der Waals surface area contributed by atoms with E-state index in [0.29, 0.717) is 24.5 Å². The highest BCUT2D eigenvalue weighted by molar-refractivity contribution is 5.74. The second-order valence-electron chi connectivity index (χ2n) is 5.24. The van der Waals surface area contributed by atoms with Gasteiger partial charge in [0.15, 0.2) is 11.5 Å². The maximum Gasteiger partial charge on any atom is 0.309 e. The van der Waals surface area contributed by atoms with Gasteiger partial charge >= 0.3 is 5.97 Å². The third-order valence-corrected chi connectivity index (χ3v) is 3.24. The Morgan fingerprint density at radius 3 is 2.30 bits per heavy atom. The van der Waals surface area contributed by atoms with Crippen LogP contribution in [0.5, 0.6) is 11.5 Å². The molecular weight excluding hydrogens is 260 g/mol. The van der Waals surface area contributed by atoms with E-state index in [2.05, 4.69) is 0 Å². The van der Waals surface area contributed by atoms with E-state index in [1.54, 1.807) is 41.2 Å². The summed E-state index contributed by atoms with van der Waals surface area (Å²) in [7, 11) is 4.70. The van der Waals surface area contributed by atoms with E-state index < -0.39 is 11.4 Å². The Balaban J connectivity index is 3.34. The fraction of sp³-hybridized carbons (Fsp3) is 0.533. The molecule has 0 fully saturated rings. The Morgan fingerprint density at radius 1 is 1.20 bits per heavy atom. The Morgan fingerprint density at radius 2 is 1.85 bits per heavy atom. The highest BCUT2D eigenvalue weighted by atomic mass is 16.5. The van der Waals surface area contributed by atoms with Crippen molar-refractivity contribution in [3.63, 3.8) is 0 Å². The molecule has 0 radical (unpaired) electrons. The van der Waals surface area contributed by atoms with Crippen molar-refractivity contribution < 1.29 is 24.1 Å². The molecule has 0 aliphatic carbocycles. The van der Waals surface area contributed by atoms with Crippen molar-refractivity contribution in [1.82, 2.24) is 0 Å². The number of aliphatic carboxylic acids is 1. The molecule has 1 aromatic carbocycles. The molecule has 0 aliphatic rings. The molecule has 1 rings (SSSR count). The standard InChI is InChI=1S/C15H22O5/c1-15(2,14(16)17)8-11-10(9-18-3)6-7-12(19-4)13(11)20-5/h6-7H,8-9H2,1-5H3,(H,16,17). The third kappa shape index (κ3) is 3.42. The molecule has 20 heavy (non-hydrogen) atoms. The van der Waals surface area contributed by atoms with Gasteiger partial charge in [-0.3, -0.25) is 4.79 Å². The van der Waals surface area contributed by atoms with E-state index in [9.17, 15) is 9.90 Å². The molecule has 0 saturated carbocycles. The highest BCUT2D eigenvalue weighted by Crippen LogP contribution is 2.37. The lowest BCUT2D eigenvalue weighted by Crippen LogP contribution is -2.27. The van der Waals surface area contributed by atoms with Crippen LogP contribution in [0.15, 0.2) is 12.1 Å². The van der Waals surface area contributed by atoms with Crippen LogP contribution in [0.4, 0.5) is 0 Å². The average Bonchev–Trinajstić information content (AvgIpc) is 2.40. The maximum atomic E-state index is 11.3. The first-order valence-electron chi connectivity index (χ1n) is 6.32. The van der Waals surface area contributed by atoms with Gasteiger partial charge in [-0.05, 0) is 31.9 Å². The quantitative estimate of drug-likeness (QED) is 0.832. The van der Waals surface area contributed by atoms with Crippen LogP contribution in [0.2, 0.25) is 0 Å². The molecule has 0 bridgehead atoms. The minimum atomic E-state index is -0.901. The Labute approximate surface area is 119 Å². The molecule has 0 amide bonds. The first-order chi connectivity index (χ1) is 9.37. The van der Waals surface area contributed by atoms with Crippen LogP contribution in [0, 0.1) is 5.41 Å². The molecular formula is C15H22O5. The monoisotopic (exact) mass is 282 g/mol. The molecule has 0 atom stereocenters. The normalized spacial score (nSPS) is 11.2. The van der Waals surface area contributed by atoms with Gasteiger partial charge in [-0.25, -0.2) is 0 Å². The van der Waals surface area contributed by atoms with Gasteiger partial charge in [0, 0.05) is 12.7 Å². The number of ether oxygens (including phenoxy) is 3. The van der Waals surface area contributed by atoms with Gasteiger partial charge in [0.25, 0.3) is 0 Å². The SMILES string of the molecule is COCc1ccc(OC)c(OC)c1CC(C)(C)C(=O)O. The minimum Gasteiger partial charge on any atom is -0.493 e. The number of carbonyl (C=O) groups is 1. The van der Waals surface area contributed by atoms with E-state index in [1.807, 2.05) is 6.07 Å². The summed E-state index contributed by atoms with van der Waals surface area (Å²) in [5, 5.41) is 9.31. The Bertz CT molecular complexity index is 479. The van der Waals surface area contributed by atoms with Gasteiger partial charge in [0.05, 0.1) is 26.2 Å². The van der Waals surface area contributed by atoms with Gasteiger partial charge in [-0.2, -0.15) is 0 Å². The minimum absolute atomic E-state index is 0.335. The van der Waals surface area contributed by atoms with Crippen molar-refractivity contribution in [2.45, 2.75) is 26.9 Å². The van der Waals surface area contributed by atoms with E-state index in [-0.39, 0.29) is 0 Å². The number of rotatable bonds is 7. The predicted octanol–water partition coefficient (Wildman–Crippen LogP) is 2.50. The molecule has 1 N–H and O–H groups in total. The largest absolute Gasteiger partial charge is 0.493 e. The van der Waals surface area contributed by atoms with Gasteiger partial charge < -0.3 is 19.3 Å². The van der Waals surface area contributed by atoms with E-state index >= 15 is 0 Å². The summed E-state index contributed by atoms with van der Waals surface area (Å²) in [6.07, 6.45) is 0.335. The number of carboxylic acid groups (broad SMARTS) is 1. The molecule has 0 unspecified atom stereocenters. The molecule has 5 nitrogen and oxygen atoms in total. The molecule has 5 heteroatoms. The number of hydrogen-bond acceptors (Lipinski definition) is 4. The highest BCUT2D eigenvalue weighted by Gasteiger charge is 2.30. The predicted molar refractivity (Wildman–Crippen MR) is 75.4 cm³/mol. The van der Waals surface area contributed by atoms with E-state index in [1.165, 1.54) is 0 Å². The molecule has 0 saturated heterocycles. The van der Waals surface area contributed by atoms with Crippen LogP contribution in [0.3, 0.4) is 0 Å². The summed E-state index contributed by atoms with van der Waals surface area (Å²) in [5.41, 5.74) is 0.808. The smallest absolute Gasteiger partial charge is 0.309 e. The Hall–Kier alpha value is -1.75. The average molecular weight is 282 g/mol. The van der Waals surface area contributed by atoms with Crippen molar-refractivity contribution in [1.29, 1.82) is 0 Å². The molecule has 0 spiro atoms. The summed E-state index contributed by atoms with van der Waals surface area (Å²) in [4.78, 5) is 11.3. The molecule has 0 heterocycles. The van der Waals surface area contributed by atoms with Crippen molar-refractivity contribution in [2.24, 2.45) is 5.41 Å². The van der Waals surface area contributed by atoms with Gasteiger partial charge in [0.2, 0.25) is 0 Å². The van der Waals surface area contributed by atoms with Gasteiger partial charge in [-0.1, -0.05) is 6.07 Å². The van der Waals surface area contributed by atoms with Crippen LogP contribution in [-0.4, -0.2) is 32.4 Å². The molecule has 0 aliphatic heterocycles. The number of benzene rings is 1. The zero-order valence-corrected chi connectivity index (χ0v) is 12.6. The maximum absolute atomic E-state index is 11.3. The zero-order chi connectivity index (χ0) is 15.3. The van der Waals surface area contributed by atoms with Crippen molar-refractivity contribution >= 4 is 5.97 Å².